The zero-order valence-corrected chi connectivity index (χ0v) is 17.8. The second-order valence-corrected chi connectivity index (χ2v) is 7.51. The molecule has 0 saturated heterocycles. The molecule has 0 fully saturated rings. The van der Waals surface area contributed by atoms with Crippen LogP contribution in [0, 0.1) is 36.5 Å². The first-order valence-corrected chi connectivity index (χ1v) is 9.76. The number of nitrogens with one attached hydrogen (secondary N) is 1. The minimum absolute atomic E-state index is 0.309. The summed E-state index contributed by atoms with van der Waals surface area (Å²) in [4.78, 5) is 9.12. The second kappa shape index (κ2) is 7.98. The molecule has 152 valence electrons. The van der Waals surface area contributed by atoms with Crippen LogP contribution in [0.4, 0.5) is 11.6 Å². The number of anilines is 2. The Labute approximate surface area is 184 Å². The molecule has 0 unspecified atom stereocenters. The molecule has 0 spiro atoms. The smallest absolute Gasteiger partial charge is 0.249 e. The van der Waals surface area contributed by atoms with Gasteiger partial charge in [-0.1, -0.05) is 11.6 Å². The summed E-state index contributed by atoms with van der Waals surface area (Å²) in [7, 11) is 1.84. The van der Waals surface area contributed by atoms with Crippen molar-refractivity contribution in [1.29, 1.82) is 10.5 Å². The first-order chi connectivity index (χ1) is 14.9. The largest absolute Gasteiger partial charge is 0.436 e. The molecule has 0 aliphatic rings. The molecule has 0 aliphatic heterocycles. The van der Waals surface area contributed by atoms with Crippen molar-refractivity contribution in [2.75, 3.05) is 5.32 Å². The van der Waals surface area contributed by atoms with E-state index in [-0.39, 0.29) is 0 Å². The lowest BCUT2D eigenvalue weighted by Crippen LogP contribution is -2.02. The number of hydrogen-bond donors (Lipinski definition) is 1. The van der Waals surface area contributed by atoms with E-state index in [1.165, 1.54) is 0 Å². The highest BCUT2D eigenvalue weighted by Crippen LogP contribution is 2.36. The highest BCUT2D eigenvalue weighted by molar-refractivity contribution is 6.35. The standard InChI is InChI=1S/C23H17ClN6O/c1-13-8-16(11-26)9-14(2)21(13)31-22-20-19(18(24)12-30(20)3)28-23(29-22)27-17-6-4-15(10-25)5-7-17/h4-9,12H,1-3H3,(H,27,28,29). The van der Waals surface area contributed by atoms with Crippen LogP contribution in [-0.2, 0) is 7.05 Å². The van der Waals surface area contributed by atoms with Crippen LogP contribution in [0.2, 0.25) is 5.02 Å². The fraction of sp³-hybridized carbons (Fsp3) is 0.130. The van der Waals surface area contributed by atoms with Crippen LogP contribution >= 0.6 is 11.6 Å². The third kappa shape index (κ3) is 3.87. The molecule has 2 aromatic heterocycles. The molecule has 0 saturated carbocycles. The molecule has 4 aromatic rings. The van der Waals surface area contributed by atoms with Crippen LogP contribution in [0.25, 0.3) is 11.0 Å². The molecule has 1 N–H and O–H groups in total. The fourth-order valence-corrected chi connectivity index (χ4v) is 3.65. The summed E-state index contributed by atoms with van der Waals surface area (Å²) >= 11 is 6.40. The third-order valence-corrected chi connectivity index (χ3v) is 5.07. The quantitative estimate of drug-likeness (QED) is 0.459. The molecule has 2 heterocycles. The maximum atomic E-state index is 9.20. The Morgan fingerprint density at radius 2 is 1.65 bits per heavy atom. The van der Waals surface area contributed by atoms with E-state index in [0.29, 0.717) is 44.8 Å². The number of aryl methyl sites for hydroxylation is 3. The summed E-state index contributed by atoms with van der Waals surface area (Å²) in [6.45, 7) is 3.77. The van der Waals surface area contributed by atoms with E-state index in [1.807, 2.05) is 25.5 Å². The van der Waals surface area contributed by atoms with Gasteiger partial charge in [-0.2, -0.15) is 15.5 Å². The Bertz CT molecular complexity index is 1370. The minimum atomic E-state index is 0.309. The van der Waals surface area contributed by atoms with E-state index in [4.69, 9.17) is 21.6 Å². The van der Waals surface area contributed by atoms with Crippen molar-refractivity contribution in [3.63, 3.8) is 0 Å². The molecule has 7 nitrogen and oxygen atoms in total. The van der Waals surface area contributed by atoms with Crippen LogP contribution in [0.1, 0.15) is 22.3 Å². The molecular formula is C23H17ClN6O. The van der Waals surface area contributed by atoms with Gasteiger partial charge in [0.15, 0.2) is 0 Å². The number of ether oxygens (including phenoxy) is 1. The summed E-state index contributed by atoms with van der Waals surface area (Å²) in [5.41, 5.74) is 4.70. The van der Waals surface area contributed by atoms with Crippen molar-refractivity contribution < 1.29 is 4.74 Å². The number of rotatable bonds is 4. The molecule has 0 bridgehead atoms. The van der Waals surface area contributed by atoms with E-state index < -0.39 is 0 Å². The number of fused-ring (bicyclic) bond motifs is 1. The molecule has 0 atom stereocenters. The van der Waals surface area contributed by atoms with Gasteiger partial charge in [-0.05, 0) is 61.4 Å². The van der Waals surface area contributed by atoms with E-state index >= 15 is 0 Å². The lowest BCUT2D eigenvalue weighted by Gasteiger charge is -2.14. The number of nitrogens with zero attached hydrogens (tertiary/aromatic N) is 5. The van der Waals surface area contributed by atoms with Crippen LogP contribution in [0.15, 0.2) is 42.6 Å². The molecule has 8 heteroatoms. The van der Waals surface area contributed by atoms with E-state index in [2.05, 4.69) is 27.4 Å². The zero-order chi connectivity index (χ0) is 22.1. The molecule has 2 aromatic carbocycles. The van der Waals surface area contributed by atoms with Crippen molar-refractivity contribution in [3.8, 4) is 23.8 Å². The van der Waals surface area contributed by atoms with Crippen LogP contribution < -0.4 is 10.1 Å². The van der Waals surface area contributed by atoms with Gasteiger partial charge in [-0.3, -0.25) is 0 Å². The molecule has 0 aliphatic carbocycles. The summed E-state index contributed by atoms with van der Waals surface area (Å²) in [5, 5.41) is 21.8. The lowest BCUT2D eigenvalue weighted by atomic mass is 10.1. The van der Waals surface area contributed by atoms with Gasteiger partial charge >= 0.3 is 0 Å². The monoisotopic (exact) mass is 428 g/mol. The van der Waals surface area contributed by atoms with E-state index in [9.17, 15) is 5.26 Å². The number of aromatic nitrogens is 3. The Kier molecular flexibility index (Phi) is 5.21. The maximum absolute atomic E-state index is 9.20. The number of hydrogen-bond acceptors (Lipinski definition) is 6. The molecule has 4 rings (SSSR count). The van der Waals surface area contributed by atoms with Crippen LogP contribution in [0.3, 0.4) is 0 Å². The van der Waals surface area contributed by atoms with Gasteiger partial charge in [0, 0.05) is 18.9 Å². The minimum Gasteiger partial charge on any atom is -0.436 e. The predicted molar refractivity (Wildman–Crippen MR) is 119 cm³/mol. The van der Waals surface area contributed by atoms with E-state index in [0.717, 1.165) is 16.8 Å². The van der Waals surface area contributed by atoms with Crippen molar-refractivity contribution >= 4 is 34.3 Å². The topological polar surface area (TPSA) is 99.5 Å². The molecule has 0 radical (unpaired) electrons. The second-order valence-electron chi connectivity index (χ2n) is 7.10. The first-order valence-electron chi connectivity index (χ1n) is 9.38. The average molecular weight is 429 g/mol. The average Bonchev–Trinajstić information content (AvgIpc) is 3.04. The molecular weight excluding hydrogens is 412 g/mol. The zero-order valence-electron chi connectivity index (χ0n) is 17.1. The molecule has 0 amide bonds. The number of nitriles is 2. The van der Waals surface area contributed by atoms with Gasteiger partial charge in [0.25, 0.3) is 0 Å². The summed E-state index contributed by atoms with van der Waals surface area (Å²) < 4.78 is 8.05. The van der Waals surface area contributed by atoms with Crippen molar-refractivity contribution in [3.05, 3.63) is 69.9 Å². The number of halogens is 1. The van der Waals surface area contributed by atoms with Crippen molar-refractivity contribution in [1.82, 2.24) is 14.5 Å². The van der Waals surface area contributed by atoms with Gasteiger partial charge in [-0.25, -0.2) is 4.98 Å². The number of benzene rings is 2. The highest BCUT2D eigenvalue weighted by atomic mass is 35.5. The van der Waals surface area contributed by atoms with E-state index in [1.54, 1.807) is 42.6 Å². The third-order valence-electron chi connectivity index (χ3n) is 4.80. The Morgan fingerprint density at radius 3 is 2.26 bits per heavy atom. The van der Waals surface area contributed by atoms with Gasteiger partial charge in [0.2, 0.25) is 11.8 Å². The van der Waals surface area contributed by atoms with Crippen LogP contribution in [0.5, 0.6) is 11.6 Å². The van der Waals surface area contributed by atoms with Gasteiger partial charge in [0.1, 0.15) is 16.8 Å². The predicted octanol–water partition coefficient (Wildman–Crippen LogP) is 5.52. The Hall–Kier alpha value is -4.07. The van der Waals surface area contributed by atoms with Crippen LogP contribution in [-0.4, -0.2) is 14.5 Å². The van der Waals surface area contributed by atoms with Crippen molar-refractivity contribution in [2.45, 2.75) is 13.8 Å². The first kappa shape index (κ1) is 20.2. The van der Waals surface area contributed by atoms with Crippen molar-refractivity contribution in [2.24, 2.45) is 7.05 Å². The Morgan fingerprint density at radius 1 is 1.00 bits per heavy atom. The maximum Gasteiger partial charge on any atom is 0.249 e. The fourth-order valence-electron chi connectivity index (χ4n) is 3.37. The summed E-state index contributed by atoms with van der Waals surface area (Å²) in [6, 6.07) is 14.7. The Balaban J connectivity index is 1.80. The SMILES string of the molecule is Cc1cc(C#N)cc(C)c1Oc1nc(Nc2ccc(C#N)cc2)nc2c(Cl)cn(C)c12. The van der Waals surface area contributed by atoms with Gasteiger partial charge < -0.3 is 14.6 Å². The molecule has 31 heavy (non-hydrogen) atoms. The highest BCUT2D eigenvalue weighted by Gasteiger charge is 2.18. The lowest BCUT2D eigenvalue weighted by molar-refractivity contribution is 0.459. The van der Waals surface area contributed by atoms with Gasteiger partial charge in [0.05, 0.1) is 28.3 Å². The van der Waals surface area contributed by atoms with Gasteiger partial charge in [-0.15, -0.1) is 0 Å². The normalized spacial score (nSPS) is 10.5. The summed E-state index contributed by atoms with van der Waals surface area (Å²) in [6.07, 6.45) is 1.75. The summed E-state index contributed by atoms with van der Waals surface area (Å²) in [5.74, 6) is 1.27.